The Kier molecular flexibility index (Phi) is 5.67. The van der Waals surface area contributed by atoms with Crippen LogP contribution in [0.4, 0.5) is 5.69 Å². The van der Waals surface area contributed by atoms with Gasteiger partial charge in [-0.1, -0.05) is 18.2 Å². The van der Waals surface area contributed by atoms with Crippen LogP contribution in [-0.4, -0.2) is 62.1 Å². The van der Waals surface area contributed by atoms with Gasteiger partial charge in [-0.2, -0.15) is 0 Å². The lowest BCUT2D eigenvalue weighted by atomic mass is 10.1. The number of amides is 2. The molecule has 2 aromatic rings. The Balaban J connectivity index is 1.31. The average Bonchev–Trinajstić information content (AvgIpc) is 2.78. The molecule has 1 fully saturated rings. The molecule has 4 rings (SSSR count). The Bertz CT molecular complexity index is 879. The Morgan fingerprint density at radius 2 is 1.69 bits per heavy atom. The van der Waals surface area contributed by atoms with E-state index < -0.39 is 0 Å². The lowest BCUT2D eigenvalue weighted by molar-refractivity contribution is -0.917. The standard InChI is InChI=1S/C22H25N3O4/c1-16(21(26)23-18-7-8-19-20(15-18)29-14-13-28-19)24-9-11-25(12-10-24)22(27)17-5-3-2-4-6-17/h2-8,15-16H,9-14H2,1H3,(H,23,26)/p+1/t16-/m0/s1. The maximum absolute atomic E-state index is 12.7. The third-order valence-corrected chi connectivity index (χ3v) is 5.53. The Morgan fingerprint density at radius 1 is 1.00 bits per heavy atom. The smallest absolute Gasteiger partial charge is 0.282 e. The SMILES string of the molecule is C[C@@H](C(=O)Nc1ccc2c(c1)OCCO2)[NH+]1CCN(C(=O)c2ccccc2)CC1. The summed E-state index contributed by atoms with van der Waals surface area (Å²) in [6, 6.07) is 14.6. The highest BCUT2D eigenvalue weighted by Crippen LogP contribution is 2.32. The van der Waals surface area contributed by atoms with E-state index in [1.54, 1.807) is 6.07 Å². The molecule has 1 atom stereocenters. The zero-order valence-electron chi connectivity index (χ0n) is 16.5. The molecule has 1 saturated heterocycles. The van der Waals surface area contributed by atoms with Gasteiger partial charge in [0.25, 0.3) is 11.8 Å². The second-order valence-corrected chi connectivity index (χ2v) is 7.39. The number of carbonyl (C=O) groups is 2. The fraction of sp³-hybridized carbons (Fsp3) is 0.364. The van der Waals surface area contributed by atoms with E-state index in [2.05, 4.69) is 5.32 Å². The van der Waals surface area contributed by atoms with Crippen molar-refractivity contribution in [1.29, 1.82) is 0 Å². The van der Waals surface area contributed by atoms with Crippen LogP contribution in [0.2, 0.25) is 0 Å². The average molecular weight is 396 g/mol. The molecule has 0 bridgehead atoms. The van der Waals surface area contributed by atoms with Gasteiger partial charge in [0.05, 0.1) is 26.2 Å². The molecule has 0 aromatic heterocycles. The summed E-state index contributed by atoms with van der Waals surface area (Å²) in [5, 5.41) is 2.97. The zero-order chi connectivity index (χ0) is 20.2. The first-order valence-corrected chi connectivity index (χ1v) is 10.0. The Morgan fingerprint density at radius 3 is 2.41 bits per heavy atom. The first kappa shape index (κ1) is 19.3. The van der Waals surface area contributed by atoms with Crippen molar-refractivity contribution in [1.82, 2.24) is 4.90 Å². The molecule has 0 radical (unpaired) electrons. The van der Waals surface area contributed by atoms with Gasteiger partial charge in [-0.3, -0.25) is 9.59 Å². The van der Waals surface area contributed by atoms with E-state index in [1.807, 2.05) is 54.3 Å². The summed E-state index contributed by atoms with van der Waals surface area (Å²) in [6.45, 7) is 5.75. The minimum absolute atomic E-state index is 0.0421. The van der Waals surface area contributed by atoms with Crippen molar-refractivity contribution in [2.75, 3.05) is 44.7 Å². The number of ether oxygens (including phenoxy) is 2. The Labute approximate surface area is 170 Å². The molecule has 2 aromatic carbocycles. The van der Waals surface area contributed by atoms with Crippen molar-refractivity contribution in [2.45, 2.75) is 13.0 Å². The van der Waals surface area contributed by atoms with Gasteiger partial charge in [-0.25, -0.2) is 0 Å². The van der Waals surface area contributed by atoms with Gasteiger partial charge in [0.2, 0.25) is 0 Å². The lowest BCUT2D eigenvalue weighted by Crippen LogP contribution is -3.19. The number of fused-ring (bicyclic) bond motifs is 1. The van der Waals surface area contributed by atoms with Crippen LogP contribution in [0.5, 0.6) is 11.5 Å². The molecule has 2 heterocycles. The van der Waals surface area contributed by atoms with Crippen molar-refractivity contribution in [3.63, 3.8) is 0 Å². The number of anilines is 1. The van der Waals surface area contributed by atoms with Gasteiger partial charge in [0.15, 0.2) is 17.5 Å². The minimum Gasteiger partial charge on any atom is -0.486 e. The highest BCUT2D eigenvalue weighted by atomic mass is 16.6. The molecular formula is C22H26N3O4+. The van der Waals surface area contributed by atoms with Crippen LogP contribution in [0, 0.1) is 0 Å². The van der Waals surface area contributed by atoms with Crippen LogP contribution in [0.25, 0.3) is 0 Å². The number of nitrogens with zero attached hydrogens (tertiary/aromatic N) is 1. The van der Waals surface area contributed by atoms with Gasteiger partial charge in [-0.05, 0) is 31.2 Å². The van der Waals surface area contributed by atoms with Gasteiger partial charge in [0, 0.05) is 17.3 Å². The van der Waals surface area contributed by atoms with Gasteiger partial charge in [-0.15, -0.1) is 0 Å². The van der Waals surface area contributed by atoms with Crippen LogP contribution in [0.1, 0.15) is 17.3 Å². The van der Waals surface area contributed by atoms with Crippen LogP contribution in [0.15, 0.2) is 48.5 Å². The number of rotatable bonds is 4. The maximum atomic E-state index is 12.7. The molecule has 2 amide bonds. The van der Waals surface area contributed by atoms with Crippen LogP contribution >= 0.6 is 0 Å². The molecule has 0 unspecified atom stereocenters. The lowest BCUT2D eigenvalue weighted by Gasteiger charge is -2.34. The number of quaternary nitrogens is 1. The van der Waals surface area contributed by atoms with Gasteiger partial charge < -0.3 is 24.6 Å². The van der Waals surface area contributed by atoms with Crippen molar-refractivity contribution in [3.05, 3.63) is 54.1 Å². The summed E-state index contributed by atoms with van der Waals surface area (Å²) < 4.78 is 11.1. The summed E-state index contributed by atoms with van der Waals surface area (Å²) in [6.07, 6.45) is 0. The highest BCUT2D eigenvalue weighted by molar-refractivity contribution is 5.94. The monoisotopic (exact) mass is 396 g/mol. The van der Waals surface area contributed by atoms with Gasteiger partial charge >= 0.3 is 0 Å². The van der Waals surface area contributed by atoms with E-state index in [9.17, 15) is 9.59 Å². The number of hydrogen-bond acceptors (Lipinski definition) is 4. The number of carbonyl (C=O) groups excluding carboxylic acids is 2. The first-order chi connectivity index (χ1) is 14.1. The van der Waals surface area contributed by atoms with Gasteiger partial charge in [0.1, 0.15) is 13.2 Å². The molecule has 0 saturated carbocycles. The fourth-order valence-electron chi connectivity index (χ4n) is 3.75. The fourth-order valence-corrected chi connectivity index (χ4v) is 3.75. The van der Waals surface area contributed by atoms with Crippen molar-refractivity contribution in [3.8, 4) is 11.5 Å². The molecule has 2 aliphatic heterocycles. The second-order valence-electron chi connectivity index (χ2n) is 7.39. The van der Waals surface area contributed by atoms with E-state index in [0.717, 1.165) is 13.1 Å². The summed E-state index contributed by atoms with van der Waals surface area (Å²) in [4.78, 5) is 28.4. The van der Waals surface area contributed by atoms with Crippen LogP contribution < -0.4 is 19.7 Å². The topological polar surface area (TPSA) is 72.3 Å². The molecular weight excluding hydrogens is 370 g/mol. The van der Waals surface area contributed by atoms with E-state index in [1.165, 1.54) is 4.90 Å². The van der Waals surface area contributed by atoms with E-state index >= 15 is 0 Å². The van der Waals surface area contributed by atoms with Crippen molar-refractivity contribution >= 4 is 17.5 Å². The largest absolute Gasteiger partial charge is 0.486 e. The predicted octanol–water partition coefficient (Wildman–Crippen LogP) is 0.826. The molecule has 152 valence electrons. The van der Waals surface area contributed by atoms with E-state index in [0.29, 0.717) is 49.1 Å². The molecule has 7 heteroatoms. The number of benzene rings is 2. The molecule has 29 heavy (non-hydrogen) atoms. The van der Waals surface area contributed by atoms with Crippen molar-refractivity contribution in [2.24, 2.45) is 0 Å². The van der Waals surface area contributed by atoms with Crippen LogP contribution in [0.3, 0.4) is 0 Å². The summed E-state index contributed by atoms with van der Waals surface area (Å²) >= 11 is 0. The third-order valence-electron chi connectivity index (χ3n) is 5.53. The quantitative estimate of drug-likeness (QED) is 0.803. The second kappa shape index (κ2) is 8.53. The normalized spacial score (nSPS) is 17.5. The summed E-state index contributed by atoms with van der Waals surface area (Å²) in [7, 11) is 0. The third kappa shape index (κ3) is 4.35. The predicted molar refractivity (Wildman–Crippen MR) is 109 cm³/mol. The molecule has 2 aliphatic rings. The number of piperazine rings is 1. The molecule has 0 spiro atoms. The molecule has 0 aliphatic carbocycles. The number of nitrogens with one attached hydrogen (secondary N) is 2. The minimum atomic E-state index is -0.211. The van der Waals surface area contributed by atoms with E-state index in [-0.39, 0.29) is 17.9 Å². The van der Waals surface area contributed by atoms with Crippen LogP contribution in [-0.2, 0) is 4.79 Å². The number of hydrogen-bond donors (Lipinski definition) is 2. The zero-order valence-corrected chi connectivity index (χ0v) is 16.5. The Hall–Kier alpha value is -3.06. The first-order valence-electron chi connectivity index (χ1n) is 10.0. The van der Waals surface area contributed by atoms with E-state index in [4.69, 9.17) is 9.47 Å². The molecule has 7 nitrogen and oxygen atoms in total. The maximum Gasteiger partial charge on any atom is 0.282 e. The summed E-state index contributed by atoms with van der Waals surface area (Å²) in [5.41, 5.74) is 1.41. The highest BCUT2D eigenvalue weighted by Gasteiger charge is 2.31. The van der Waals surface area contributed by atoms with Crippen molar-refractivity contribution < 1.29 is 24.0 Å². The summed E-state index contributed by atoms with van der Waals surface area (Å²) in [5.74, 6) is 1.37. The molecule has 2 N–H and O–H groups in total.